The highest BCUT2D eigenvalue weighted by Crippen LogP contribution is 2.28. The summed E-state index contributed by atoms with van der Waals surface area (Å²) in [6.45, 7) is 0. The summed E-state index contributed by atoms with van der Waals surface area (Å²) in [5, 5.41) is 9.67. The number of aromatic nitrogens is 2. The van der Waals surface area contributed by atoms with E-state index in [1.54, 1.807) is 12.1 Å². The normalized spacial score (nSPS) is 11.5. The van der Waals surface area contributed by atoms with Crippen molar-refractivity contribution in [3.63, 3.8) is 0 Å². The Morgan fingerprint density at radius 1 is 0.960 bits per heavy atom. The van der Waals surface area contributed by atoms with Gasteiger partial charge in [0.2, 0.25) is 5.13 Å². The van der Waals surface area contributed by atoms with Crippen molar-refractivity contribution in [1.29, 1.82) is 0 Å². The maximum Gasteiger partial charge on any atom is 0.265 e. The first-order chi connectivity index (χ1) is 11.8. The molecule has 0 bridgehead atoms. The van der Waals surface area contributed by atoms with Crippen LogP contribution < -0.4 is 4.72 Å². The van der Waals surface area contributed by atoms with Gasteiger partial charge in [-0.2, -0.15) is 0 Å². The molecular formula is C15H10Cl3N3O2S2. The minimum Gasteiger partial charge on any atom is -0.253 e. The smallest absolute Gasteiger partial charge is 0.253 e. The summed E-state index contributed by atoms with van der Waals surface area (Å²) in [6, 6.07) is 11.5. The van der Waals surface area contributed by atoms with Crippen LogP contribution in [0.15, 0.2) is 47.4 Å². The molecule has 3 aromatic rings. The molecule has 0 aliphatic heterocycles. The van der Waals surface area contributed by atoms with Crippen LogP contribution >= 0.6 is 46.1 Å². The number of benzene rings is 2. The Morgan fingerprint density at radius 3 is 2.36 bits per heavy atom. The summed E-state index contributed by atoms with van der Waals surface area (Å²) in [6.07, 6.45) is 0.522. The molecule has 0 saturated carbocycles. The Balaban J connectivity index is 1.78. The first-order valence-corrected chi connectivity index (χ1v) is 10.3. The third-order valence-electron chi connectivity index (χ3n) is 3.14. The molecule has 1 N–H and O–H groups in total. The van der Waals surface area contributed by atoms with Crippen molar-refractivity contribution >= 4 is 61.3 Å². The second kappa shape index (κ2) is 7.47. The third-order valence-corrected chi connectivity index (χ3v) is 6.42. The summed E-state index contributed by atoms with van der Waals surface area (Å²) in [4.78, 5) is -0.115. The molecule has 0 aliphatic carbocycles. The van der Waals surface area contributed by atoms with Crippen LogP contribution in [0.3, 0.4) is 0 Å². The van der Waals surface area contributed by atoms with Crippen molar-refractivity contribution in [3.05, 3.63) is 68.1 Å². The Morgan fingerprint density at radius 2 is 1.64 bits per heavy atom. The molecule has 0 fully saturated rings. The highest BCUT2D eigenvalue weighted by molar-refractivity contribution is 7.93. The second-order valence-corrected chi connectivity index (χ2v) is 8.98. The van der Waals surface area contributed by atoms with Gasteiger partial charge in [-0.25, -0.2) is 8.42 Å². The van der Waals surface area contributed by atoms with Gasteiger partial charge in [-0.1, -0.05) is 58.3 Å². The lowest BCUT2D eigenvalue weighted by molar-refractivity contribution is 0.601. The average Bonchev–Trinajstić information content (AvgIpc) is 2.98. The van der Waals surface area contributed by atoms with Gasteiger partial charge in [-0.15, -0.1) is 10.2 Å². The van der Waals surface area contributed by atoms with Crippen LogP contribution in [0.5, 0.6) is 0 Å². The summed E-state index contributed by atoms with van der Waals surface area (Å²) in [7, 11) is -3.91. The topological polar surface area (TPSA) is 72.0 Å². The second-order valence-electron chi connectivity index (χ2n) is 4.98. The van der Waals surface area contributed by atoms with Crippen LogP contribution in [-0.2, 0) is 16.4 Å². The minimum atomic E-state index is -3.91. The lowest BCUT2D eigenvalue weighted by Crippen LogP contribution is -2.13. The van der Waals surface area contributed by atoms with Crippen LogP contribution in [0.25, 0.3) is 0 Å². The zero-order chi connectivity index (χ0) is 18.0. The van der Waals surface area contributed by atoms with Crippen molar-refractivity contribution in [3.8, 4) is 0 Å². The van der Waals surface area contributed by atoms with E-state index in [1.807, 2.05) is 12.1 Å². The van der Waals surface area contributed by atoms with Crippen LogP contribution in [0, 0.1) is 0 Å². The van der Waals surface area contributed by atoms with Crippen LogP contribution in [0.2, 0.25) is 15.1 Å². The van der Waals surface area contributed by atoms with Gasteiger partial charge in [0.25, 0.3) is 10.0 Å². The summed E-state index contributed by atoms with van der Waals surface area (Å²) >= 11 is 18.8. The number of rotatable bonds is 5. The molecule has 0 saturated heterocycles. The van der Waals surface area contributed by atoms with Crippen molar-refractivity contribution in [2.24, 2.45) is 0 Å². The van der Waals surface area contributed by atoms with Crippen LogP contribution in [0.1, 0.15) is 10.6 Å². The molecule has 0 aliphatic rings. The number of nitrogens with one attached hydrogen (secondary N) is 1. The maximum absolute atomic E-state index is 12.4. The molecule has 0 atom stereocenters. The minimum absolute atomic E-state index is 0.0720. The van der Waals surface area contributed by atoms with E-state index in [4.69, 9.17) is 34.8 Å². The fourth-order valence-electron chi connectivity index (χ4n) is 2.00. The zero-order valence-corrected chi connectivity index (χ0v) is 16.3. The van der Waals surface area contributed by atoms with E-state index in [1.165, 1.54) is 18.2 Å². The Hall–Kier alpha value is -1.38. The van der Waals surface area contributed by atoms with E-state index in [0.29, 0.717) is 16.5 Å². The summed E-state index contributed by atoms with van der Waals surface area (Å²) in [5.74, 6) is 0. The standard InChI is InChI=1S/C15H10Cl3N3O2S2/c16-10-3-1-9(2-4-10)7-14-19-20-15(24-14)21-25(22,23)13-8-11(17)5-6-12(13)18/h1-6,8H,7H2,(H,20,21). The molecule has 1 heterocycles. The van der Waals surface area contributed by atoms with Gasteiger partial charge in [0.1, 0.15) is 9.90 Å². The molecule has 0 amide bonds. The van der Waals surface area contributed by atoms with Gasteiger partial charge in [0, 0.05) is 16.5 Å². The molecule has 2 aromatic carbocycles. The molecule has 5 nitrogen and oxygen atoms in total. The first-order valence-electron chi connectivity index (χ1n) is 6.88. The maximum atomic E-state index is 12.4. The number of sulfonamides is 1. The number of anilines is 1. The predicted molar refractivity (Wildman–Crippen MR) is 101 cm³/mol. The number of hydrogen-bond acceptors (Lipinski definition) is 5. The fourth-order valence-corrected chi connectivity index (χ4v) is 4.89. The van der Waals surface area contributed by atoms with Crippen LogP contribution in [-0.4, -0.2) is 18.6 Å². The zero-order valence-electron chi connectivity index (χ0n) is 12.4. The summed E-state index contributed by atoms with van der Waals surface area (Å²) < 4.78 is 27.3. The van der Waals surface area contributed by atoms with E-state index >= 15 is 0 Å². The quantitative estimate of drug-likeness (QED) is 0.620. The van der Waals surface area contributed by atoms with E-state index in [9.17, 15) is 8.42 Å². The van der Waals surface area contributed by atoms with Crippen molar-refractivity contribution in [2.75, 3.05) is 4.72 Å². The lowest BCUT2D eigenvalue weighted by atomic mass is 10.2. The number of hydrogen-bond donors (Lipinski definition) is 1. The van der Waals surface area contributed by atoms with Gasteiger partial charge in [-0.05, 0) is 35.9 Å². The van der Waals surface area contributed by atoms with Gasteiger partial charge in [0.15, 0.2) is 0 Å². The highest BCUT2D eigenvalue weighted by Gasteiger charge is 2.20. The molecule has 130 valence electrons. The van der Waals surface area contributed by atoms with Crippen molar-refractivity contribution in [2.45, 2.75) is 11.3 Å². The van der Waals surface area contributed by atoms with Gasteiger partial charge >= 0.3 is 0 Å². The van der Waals surface area contributed by atoms with Crippen molar-refractivity contribution in [1.82, 2.24) is 10.2 Å². The third kappa shape index (κ3) is 4.62. The molecule has 1 aromatic heterocycles. The monoisotopic (exact) mass is 433 g/mol. The summed E-state index contributed by atoms with van der Waals surface area (Å²) in [5.41, 5.74) is 0.993. The fraction of sp³-hybridized carbons (Fsp3) is 0.0667. The Kier molecular flexibility index (Phi) is 5.50. The van der Waals surface area contributed by atoms with Gasteiger partial charge < -0.3 is 0 Å². The predicted octanol–water partition coefficient (Wildman–Crippen LogP) is 4.89. The van der Waals surface area contributed by atoms with E-state index in [2.05, 4.69) is 14.9 Å². The Labute approximate surface area is 163 Å². The molecule has 0 unspecified atom stereocenters. The number of nitrogens with zero attached hydrogens (tertiary/aromatic N) is 2. The molecule has 0 spiro atoms. The first kappa shape index (κ1) is 18.4. The Bertz CT molecular complexity index is 1010. The largest absolute Gasteiger partial charge is 0.265 e. The van der Waals surface area contributed by atoms with Gasteiger partial charge in [0.05, 0.1) is 5.02 Å². The molecule has 3 rings (SSSR count). The highest BCUT2D eigenvalue weighted by atomic mass is 35.5. The lowest BCUT2D eigenvalue weighted by Gasteiger charge is -2.06. The van der Waals surface area contributed by atoms with E-state index < -0.39 is 10.0 Å². The van der Waals surface area contributed by atoms with E-state index in [-0.39, 0.29) is 20.1 Å². The molecule has 0 radical (unpaired) electrons. The molecule has 25 heavy (non-hydrogen) atoms. The van der Waals surface area contributed by atoms with Crippen LogP contribution in [0.4, 0.5) is 5.13 Å². The SMILES string of the molecule is O=S(=O)(Nc1nnc(Cc2ccc(Cl)cc2)s1)c1cc(Cl)ccc1Cl. The van der Waals surface area contributed by atoms with Crippen molar-refractivity contribution < 1.29 is 8.42 Å². The van der Waals surface area contributed by atoms with Gasteiger partial charge in [-0.3, -0.25) is 4.72 Å². The molecular weight excluding hydrogens is 425 g/mol. The average molecular weight is 435 g/mol. The van der Waals surface area contributed by atoms with E-state index in [0.717, 1.165) is 16.9 Å². The number of halogens is 3. The molecule has 10 heteroatoms.